The molecule has 0 saturated carbocycles. The van der Waals surface area contributed by atoms with E-state index in [1.165, 1.54) is 6.07 Å². The molecular weight excluding hydrogens is 369 g/mol. The standard InChI is InChI=1S/C19H19F3N6/c1-18(2,3)28-17-26-15(12-7-5-4-6-8-12)25-16(27-17)24-13-9-10-23-14(11-13)19(20,21)22/h4-11H,1-3H3,(H2,23,24,25,26,27,28). The first-order valence-electron chi connectivity index (χ1n) is 8.50. The fourth-order valence-electron chi connectivity index (χ4n) is 2.33. The van der Waals surface area contributed by atoms with Crippen molar-refractivity contribution >= 4 is 17.6 Å². The molecule has 0 aliphatic carbocycles. The third kappa shape index (κ3) is 5.15. The predicted octanol–water partition coefficient (Wildman–Crippen LogP) is 4.91. The van der Waals surface area contributed by atoms with Crippen molar-refractivity contribution in [3.63, 3.8) is 0 Å². The molecule has 0 unspecified atom stereocenters. The van der Waals surface area contributed by atoms with E-state index < -0.39 is 11.9 Å². The van der Waals surface area contributed by atoms with Crippen molar-refractivity contribution in [2.45, 2.75) is 32.5 Å². The van der Waals surface area contributed by atoms with E-state index in [2.05, 4.69) is 30.6 Å². The molecule has 146 valence electrons. The molecule has 0 radical (unpaired) electrons. The normalized spacial score (nSPS) is 11.9. The molecule has 1 aromatic carbocycles. The van der Waals surface area contributed by atoms with Gasteiger partial charge in [-0.05, 0) is 32.9 Å². The summed E-state index contributed by atoms with van der Waals surface area (Å²) in [7, 11) is 0. The molecule has 6 nitrogen and oxygen atoms in total. The topological polar surface area (TPSA) is 75.6 Å². The molecule has 0 aliphatic heterocycles. The molecule has 2 aromatic heterocycles. The Bertz CT molecular complexity index is 952. The summed E-state index contributed by atoms with van der Waals surface area (Å²) in [6.07, 6.45) is -3.45. The van der Waals surface area contributed by atoms with Crippen molar-refractivity contribution in [3.8, 4) is 11.4 Å². The molecule has 3 aromatic rings. The first kappa shape index (κ1) is 19.5. The molecule has 0 fully saturated rings. The average molecular weight is 388 g/mol. The lowest BCUT2D eigenvalue weighted by molar-refractivity contribution is -0.141. The minimum atomic E-state index is -4.54. The fourth-order valence-corrected chi connectivity index (χ4v) is 2.33. The van der Waals surface area contributed by atoms with Crippen LogP contribution in [0.15, 0.2) is 48.7 Å². The lowest BCUT2D eigenvalue weighted by Gasteiger charge is -2.21. The van der Waals surface area contributed by atoms with Gasteiger partial charge in [0.25, 0.3) is 0 Å². The number of benzene rings is 1. The van der Waals surface area contributed by atoms with Crippen LogP contribution in [0.3, 0.4) is 0 Å². The Labute approximate surface area is 160 Å². The maximum atomic E-state index is 12.9. The maximum Gasteiger partial charge on any atom is 0.433 e. The Morgan fingerprint density at radius 2 is 1.54 bits per heavy atom. The van der Waals surface area contributed by atoms with Gasteiger partial charge in [-0.25, -0.2) is 0 Å². The van der Waals surface area contributed by atoms with Crippen molar-refractivity contribution in [1.29, 1.82) is 0 Å². The van der Waals surface area contributed by atoms with Gasteiger partial charge in [-0.1, -0.05) is 30.3 Å². The summed E-state index contributed by atoms with van der Waals surface area (Å²) in [5, 5.41) is 5.97. The highest BCUT2D eigenvalue weighted by atomic mass is 19.4. The fraction of sp³-hybridized carbons (Fsp3) is 0.263. The van der Waals surface area contributed by atoms with Gasteiger partial charge in [-0.15, -0.1) is 0 Å². The second-order valence-corrected chi connectivity index (χ2v) is 7.10. The summed E-state index contributed by atoms with van der Waals surface area (Å²) in [4.78, 5) is 16.4. The third-order valence-electron chi connectivity index (χ3n) is 3.46. The first-order valence-corrected chi connectivity index (χ1v) is 8.50. The molecule has 2 heterocycles. The highest BCUT2D eigenvalue weighted by Crippen LogP contribution is 2.29. The zero-order chi connectivity index (χ0) is 20.4. The second kappa shape index (κ2) is 7.41. The number of nitrogens with one attached hydrogen (secondary N) is 2. The number of aromatic nitrogens is 4. The molecule has 0 spiro atoms. The number of anilines is 3. The summed E-state index contributed by atoms with van der Waals surface area (Å²) in [5.74, 6) is 0.837. The number of nitrogens with zero attached hydrogens (tertiary/aromatic N) is 4. The summed E-state index contributed by atoms with van der Waals surface area (Å²) in [6.45, 7) is 5.85. The van der Waals surface area contributed by atoms with Crippen LogP contribution < -0.4 is 10.6 Å². The van der Waals surface area contributed by atoms with E-state index in [1.807, 2.05) is 51.1 Å². The van der Waals surface area contributed by atoms with Crippen LogP contribution in [0.1, 0.15) is 26.5 Å². The minimum absolute atomic E-state index is 0.125. The van der Waals surface area contributed by atoms with Crippen molar-refractivity contribution in [2.75, 3.05) is 10.6 Å². The molecule has 3 rings (SSSR count). The predicted molar refractivity (Wildman–Crippen MR) is 101 cm³/mol. The van der Waals surface area contributed by atoms with Crippen LogP contribution in [-0.4, -0.2) is 25.5 Å². The molecule has 28 heavy (non-hydrogen) atoms. The largest absolute Gasteiger partial charge is 0.433 e. The summed E-state index contributed by atoms with van der Waals surface area (Å²) in [5.41, 5.74) is -0.375. The van der Waals surface area contributed by atoms with E-state index in [0.29, 0.717) is 11.8 Å². The number of pyridine rings is 1. The Kier molecular flexibility index (Phi) is 5.17. The van der Waals surface area contributed by atoms with E-state index >= 15 is 0 Å². The number of rotatable bonds is 4. The quantitative estimate of drug-likeness (QED) is 0.662. The van der Waals surface area contributed by atoms with Crippen molar-refractivity contribution in [1.82, 2.24) is 19.9 Å². The molecule has 0 bridgehead atoms. The molecule has 2 N–H and O–H groups in total. The van der Waals surface area contributed by atoms with Gasteiger partial charge in [0.1, 0.15) is 5.69 Å². The molecule has 0 saturated heterocycles. The van der Waals surface area contributed by atoms with Crippen molar-refractivity contribution < 1.29 is 13.2 Å². The Balaban J connectivity index is 1.99. The maximum absolute atomic E-state index is 12.9. The Hall–Kier alpha value is -3.23. The molecule has 0 aliphatic rings. The number of halogens is 3. The van der Waals surface area contributed by atoms with Gasteiger partial charge in [-0.3, -0.25) is 4.98 Å². The van der Waals surface area contributed by atoms with E-state index in [9.17, 15) is 13.2 Å². The lowest BCUT2D eigenvalue weighted by atomic mass is 10.1. The van der Waals surface area contributed by atoms with Crippen LogP contribution in [0.5, 0.6) is 0 Å². The zero-order valence-corrected chi connectivity index (χ0v) is 15.5. The second-order valence-electron chi connectivity index (χ2n) is 7.10. The van der Waals surface area contributed by atoms with Crippen LogP contribution >= 0.6 is 0 Å². The summed E-state index contributed by atoms with van der Waals surface area (Å²) >= 11 is 0. The van der Waals surface area contributed by atoms with Gasteiger partial charge >= 0.3 is 6.18 Å². The summed E-state index contributed by atoms with van der Waals surface area (Å²) in [6, 6.07) is 11.6. The molecule has 0 atom stereocenters. The number of hydrogen-bond acceptors (Lipinski definition) is 6. The van der Waals surface area contributed by atoms with E-state index in [0.717, 1.165) is 17.8 Å². The van der Waals surface area contributed by atoms with Crippen LogP contribution in [0, 0.1) is 0 Å². The van der Waals surface area contributed by atoms with Crippen molar-refractivity contribution in [2.24, 2.45) is 0 Å². The summed E-state index contributed by atoms with van der Waals surface area (Å²) < 4.78 is 38.7. The highest BCUT2D eigenvalue weighted by molar-refractivity contribution is 5.61. The molecule has 9 heteroatoms. The van der Waals surface area contributed by atoms with Crippen LogP contribution in [0.25, 0.3) is 11.4 Å². The minimum Gasteiger partial charge on any atom is -0.349 e. The van der Waals surface area contributed by atoms with Gasteiger partial charge in [0.2, 0.25) is 11.9 Å². The Morgan fingerprint density at radius 1 is 0.857 bits per heavy atom. The Morgan fingerprint density at radius 3 is 2.18 bits per heavy atom. The van der Waals surface area contributed by atoms with Gasteiger partial charge < -0.3 is 10.6 Å². The third-order valence-corrected chi connectivity index (χ3v) is 3.46. The first-order chi connectivity index (χ1) is 13.1. The zero-order valence-electron chi connectivity index (χ0n) is 15.5. The van der Waals surface area contributed by atoms with E-state index in [1.54, 1.807) is 0 Å². The number of alkyl halides is 3. The van der Waals surface area contributed by atoms with Crippen LogP contribution in [0.4, 0.5) is 30.8 Å². The SMILES string of the molecule is CC(C)(C)Nc1nc(Nc2ccnc(C(F)(F)F)c2)nc(-c2ccccc2)n1. The van der Waals surface area contributed by atoms with Gasteiger partial charge in [0.15, 0.2) is 5.82 Å². The van der Waals surface area contributed by atoms with E-state index in [4.69, 9.17) is 0 Å². The van der Waals surface area contributed by atoms with Crippen LogP contribution in [0.2, 0.25) is 0 Å². The lowest BCUT2D eigenvalue weighted by Crippen LogP contribution is -2.27. The molecule has 0 amide bonds. The van der Waals surface area contributed by atoms with E-state index in [-0.39, 0.29) is 17.2 Å². The smallest absolute Gasteiger partial charge is 0.349 e. The van der Waals surface area contributed by atoms with Gasteiger partial charge in [0.05, 0.1) is 0 Å². The highest BCUT2D eigenvalue weighted by Gasteiger charge is 2.32. The van der Waals surface area contributed by atoms with Crippen molar-refractivity contribution in [3.05, 3.63) is 54.4 Å². The molecular formula is C19H19F3N6. The monoisotopic (exact) mass is 388 g/mol. The average Bonchev–Trinajstić information content (AvgIpc) is 2.60. The number of hydrogen-bond donors (Lipinski definition) is 2. The van der Waals surface area contributed by atoms with Crippen LogP contribution in [-0.2, 0) is 6.18 Å². The van der Waals surface area contributed by atoms with Gasteiger partial charge in [-0.2, -0.15) is 28.1 Å². The van der Waals surface area contributed by atoms with Gasteiger partial charge in [0, 0.05) is 23.0 Å².